The van der Waals surface area contributed by atoms with Crippen molar-refractivity contribution in [1.29, 1.82) is 0 Å². The highest BCUT2D eigenvalue weighted by atomic mass is 31.3. The molecule has 2 fully saturated rings. The Hall–Kier alpha value is -2.57. The minimum Gasteiger partial charge on any atom is -0.480 e. The molecule has 2 aliphatic rings. The molecule has 4 unspecified atom stereocenters. The van der Waals surface area contributed by atoms with Crippen LogP contribution in [0.1, 0.15) is 31.9 Å². The van der Waals surface area contributed by atoms with Gasteiger partial charge in [0.15, 0.2) is 23.2 Å². The van der Waals surface area contributed by atoms with Crippen LogP contribution in [0.5, 0.6) is 0 Å². The number of phosphoric acid groups is 1. The van der Waals surface area contributed by atoms with E-state index < -0.39 is 70.8 Å². The number of aliphatic hydroxyl groups is 2. The van der Waals surface area contributed by atoms with Gasteiger partial charge in [-0.25, -0.2) is 28.6 Å². The van der Waals surface area contributed by atoms with E-state index in [1.807, 2.05) is 0 Å². The highest BCUT2D eigenvalue weighted by Gasteiger charge is 2.46. The number of hydrogen-bond acceptors (Lipinski definition) is 13. The molecule has 40 heavy (non-hydrogen) atoms. The number of carboxylic acid groups (broad SMARTS) is 1. The van der Waals surface area contributed by atoms with E-state index in [-0.39, 0.29) is 23.0 Å². The summed E-state index contributed by atoms with van der Waals surface area (Å²) in [5.74, 6) is -1.55. The lowest BCUT2D eigenvalue weighted by Gasteiger charge is -2.20. The minimum absolute atomic E-state index is 0.0591. The number of imidazole rings is 1. The van der Waals surface area contributed by atoms with Crippen molar-refractivity contribution in [2.75, 3.05) is 18.1 Å². The first-order chi connectivity index (χ1) is 18.8. The van der Waals surface area contributed by atoms with Gasteiger partial charge in [-0.1, -0.05) is 12.8 Å². The standard InChI is InChI=1S/C19H29N7O12P2/c20-10(18(29)30)6-39(32,33)38-40(34,35)36-5-11-13(27)14(28)17(37-11)26-8-23-12-15(21-7-22-16(12)26)25-19(31)24-9-3-1-2-4-9/h7-11,13-14,17,27-28H,1-6,20H2,(H,29,30)(H,32,33)(H,34,35)(H2,21,22,24,25,31)/t10?,11-,13?,14+,17-/m1/s1. The summed E-state index contributed by atoms with van der Waals surface area (Å²) in [4.78, 5) is 55.0. The maximum Gasteiger partial charge on any atom is 0.479 e. The van der Waals surface area contributed by atoms with Gasteiger partial charge in [0.2, 0.25) is 0 Å². The number of phosphoric ester groups is 1. The summed E-state index contributed by atoms with van der Waals surface area (Å²) < 4.78 is 39.8. The van der Waals surface area contributed by atoms with Crippen molar-refractivity contribution in [1.82, 2.24) is 24.8 Å². The van der Waals surface area contributed by atoms with Gasteiger partial charge >= 0.3 is 27.4 Å². The largest absolute Gasteiger partial charge is 0.480 e. The second-order valence-electron chi connectivity index (χ2n) is 9.28. The molecule has 21 heteroatoms. The van der Waals surface area contributed by atoms with Gasteiger partial charge in [-0.2, -0.15) is 0 Å². The second-order valence-corrected chi connectivity index (χ2v) is 12.8. The van der Waals surface area contributed by atoms with Crippen LogP contribution in [0.4, 0.5) is 10.6 Å². The minimum atomic E-state index is -5.27. The summed E-state index contributed by atoms with van der Waals surface area (Å²) in [6, 6.07) is -2.26. The molecule has 1 aliphatic carbocycles. The molecule has 19 nitrogen and oxygen atoms in total. The Morgan fingerprint density at radius 2 is 1.88 bits per heavy atom. The summed E-state index contributed by atoms with van der Waals surface area (Å²) in [6.07, 6.45) is -1.03. The van der Waals surface area contributed by atoms with Crippen molar-refractivity contribution >= 4 is 44.4 Å². The number of rotatable bonds is 11. The predicted octanol–water partition coefficient (Wildman–Crippen LogP) is -0.760. The van der Waals surface area contributed by atoms with Crippen molar-refractivity contribution in [2.24, 2.45) is 5.73 Å². The lowest BCUT2D eigenvalue weighted by Crippen LogP contribution is -2.36. The number of ether oxygens (including phenoxy) is 1. The van der Waals surface area contributed by atoms with Gasteiger partial charge in [0, 0.05) is 6.04 Å². The molecular weight excluding hydrogens is 580 g/mol. The van der Waals surface area contributed by atoms with Gasteiger partial charge in [0.1, 0.15) is 30.7 Å². The Kier molecular flexibility index (Phi) is 9.21. The molecule has 0 radical (unpaired) electrons. The lowest BCUT2D eigenvalue weighted by atomic mass is 10.1. The fraction of sp³-hybridized carbons (Fsp3) is 0.632. The number of urea groups is 1. The number of aliphatic hydroxyl groups excluding tert-OH is 2. The van der Waals surface area contributed by atoms with Gasteiger partial charge in [0.05, 0.1) is 19.1 Å². The van der Waals surface area contributed by atoms with E-state index in [1.54, 1.807) is 0 Å². The third-order valence-electron chi connectivity index (χ3n) is 6.27. The number of nitrogens with one attached hydrogen (secondary N) is 2. The Morgan fingerprint density at radius 1 is 1.18 bits per heavy atom. The number of aromatic nitrogens is 4. The number of carbonyl (C=O) groups is 2. The molecule has 2 amide bonds. The zero-order valence-electron chi connectivity index (χ0n) is 20.7. The van der Waals surface area contributed by atoms with Gasteiger partial charge in [-0.3, -0.25) is 23.8 Å². The quantitative estimate of drug-likeness (QED) is 0.145. The summed E-state index contributed by atoms with van der Waals surface area (Å²) >= 11 is 0. The molecule has 1 aliphatic heterocycles. The normalized spacial score (nSPS) is 27.2. The Morgan fingerprint density at radius 3 is 2.55 bits per heavy atom. The summed E-state index contributed by atoms with van der Waals surface area (Å²) in [6.45, 7) is -0.886. The third kappa shape index (κ3) is 7.19. The van der Waals surface area contributed by atoms with E-state index in [4.69, 9.17) is 15.6 Å². The molecule has 222 valence electrons. The number of fused-ring (bicyclic) bond motifs is 1. The summed E-state index contributed by atoms with van der Waals surface area (Å²) in [5, 5.41) is 35.2. The number of nitrogens with zero attached hydrogens (tertiary/aromatic N) is 4. The number of carboxylic acids is 1. The molecule has 0 bridgehead atoms. The number of nitrogens with two attached hydrogens (primary N) is 1. The maximum absolute atomic E-state index is 12.4. The summed E-state index contributed by atoms with van der Waals surface area (Å²) in [5.41, 5.74) is 5.43. The van der Waals surface area contributed by atoms with Crippen molar-refractivity contribution in [3.05, 3.63) is 12.7 Å². The molecule has 3 heterocycles. The highest BCUT2D eigenvalue weighted by Crippen LogP contribution is 2.60. The van der Waals surface area contributed by atoms with E-state index in [1.165, 1.54) is 10.9 Å². The third-order valence-corrected chi connectivity index (χ3v) is 9.45. The fourth-order valence-electron chi connectivity index (χ4n) is 4.34. The van der Waals surface area contributed by atoms with E-state index in [0.29, 0.717) is 0 Å². The molecule has 0 aromatic carbocycles. The van der Waals surface area contributed by atoms with Crippen LogP contribution in [-0.4, -0.2) is 99.8 Å². The average Bonchev–Trinajstić information content (AvgIpc) is 3.58. The molecule has 7 atom stereocenters. The summed E-state index contributed by atoms with van der Waals surface area (Å²) in [7, 11) is -10.2. The average molecular weight is 609 g/mol. The molecule has 2 aromatic rings. The van der Waals surface area contributed by atoms with E-state index >= 15 is 0 Å². The van der Waals surface area contributed by atoms with Crippen LogP contribution < -0.4 is 16.4 Å². The van der Waals surface area contributed by atoms with Gasteiger partial charge in [-0.05, 0) is 12.8 Å². The zero-order chi connectivity index (χ0) is 29.2. The van der Waals surface area contributed by atoms with Crippen molar-refractivity contribution in [2.45, 2.75) is 62.3 Å². The first-order valence-corrected chi connectivity index (χ1v) is 15.3. The number of amides is 2. The lowest BCUT2D eigenvalue weighted by molar-refractivity contribution is -0.138. The van der Waals surface area contributed by atoms with Crippen LogP contribution in [-0.2, 0) is 27.5 Å². The number of anilines is 1. The van der Waals surface area contributed by atoms with Gasteiger partial charge in [-0.15, -0.1) is 0 Å². The van der Waals surface area contributed by atoms with Crippen LogP contribution in [0.25, 0.3) is 11.2 Å². The first kappa shape index (κ1) is 30.4. The fourth-order valence-corrected chi connectivity index (χ4v) is 7.07. The first-order valence-electron chi connectivity index (χ1n) is 12.0. The molecular formula is C19H29N7O12P2. The maximum atomic E-state index is 12.4. The van der Waals surface area contributed by atoms with Crippen LogP contribution in [0, 0.1) is 0 Å². The molecule has 4 rings (SSSR count). The Bertz CT molecular complexity index is 1340. The van der Waals surface area contributed by atoms with Crippen molar-refractivity contribution < 1.29 is 57.4 Å². The van der Waals surface area contributed by atoms with Crippen LogP contribution in [0.15, 0.2) is 12.7 Å². The molecule has 2 aromatic heterocycles. The van der Waals surface area contributed by atoms with Crippen molar-refractivity contribution in [3.63, 3.8) is 0 Å². The van der Waals surface area contributed by atoms with Crippen LogP contribution >= 0.6 is 15.4 Å². The highest BCUT2D eigenvalue weighted by molar-refractivity contribution is 7.64. The molecule has 1 saturated heterocycles. The topological polar surface area (TPSA) is 291 Å². The molecule has 1 saturated carbocycles. The van der Waals surface area contributed by atoms with Gasteiger partial charge < -0.3 is 40.9 Å². The Balaban J connectivity index is 1.41. The van der Waals surface area contributed by atoms with E-state index in [2.05, 4.69) is 34.4 Å². The Labute approximate surface area is 225 Å². The van der Waals surface area contributed by atoms with E-state index in [9.17, 15) is 38.7 Å². The molecule has 9 N–H and O–H groups in total. The predicted molar refractivity (Wildman–Crippen MR) is 133 cm³/mol. The zero-order valence-corrected chi connectivity index (χ0v) is 22.5. The second kappa shape index (κ2) is 12.1. The van der Waals surface area contributed by atoms with E-state index in [0.717, 1.165) is 32.0 Å². The monoisotopic (exact) mass is 609 g/mol. The van der Waals surface area contributed by atoms with Gasteiger partial charge in [0.25, 0.3) is 0 Å². The smallest absolute Gasteiger partial charge is 0.479 e. The van der Waals surface area contributed by atoms with Crippen LogP contribution in [0.3, 0.4) is 0 Å². The number of hydrogen-bond donors (Lipinski definition) is 8. The number of carbonyl (C=O) groups excluding carboxylic acids is 1. The van der Waals surface area contributed by atoms with Crippen molar-refractivity contribution in [3.8, 4) is 0 Å². The number of aliphatic carboxylic acids is 1. The SMILES string of the molecule is NC(CP(=O)(O)OP(=O)(O)OC[C@H]1O[C@@H](n2cnc3c(NC(=O)NC4CCCC4)ncnc32)[C@@H](O)C1O)C(=O)O. The molecule has 0 spiro atoms. The van der Waals surface area contributed by atoms with Crippen LogP contribution in [0.2, 0.25) is 0 Å².